The molecule has 1 unspecified atom stereocenters. The highest BCUT2D eigenvalue weighted by molar-refractivity contribution is 6.01. The van der Waals surface area contributed by atoms with Crippen molar-refractivity contribution in [2.75, 3.05) is 13.1 Å². The van der Waals surface area contributed by atoms with Crippen LogP contribution < -0.4 is 5.32 Å². The first-order chi connectivity index (χ1) is 17.6. The molecule has 2 fully saturated rings. The zero-order chi connectivity index (χ0) is 26.7. The molecule has 2 saturated heterocycles. The molecule has 0 saturated carbocycles. The van der Waals surface area contributed by atoms with Gasteiger partial charge in [-0.3, -0.25) is 19.2 Å². The summed E-state index contributed by atoms with van der Waals surface area (Å²) < 4.78 is 0. The molecule has 37 heavy (non-hydrogen) atoms. The molecule has 2 bridgehead atoms. The number of carbonyl (C=O) groups is 4. The Morgan fingerprint density at radius 2 is 1.65 bits per heavy atom. The van der Waals surface area contributed by atoms with E-state index in [1.54, 1.807) is 34.1 Å². The SMILES string of the molecule is CCC[C@H](NC(=O)c1ccc(C(C)(C)C)cc1)C(=O)N1CC[C@@H]2CC1C(=O)CN2C(=O)c1ccccc1. The maximum Gasteiger partial charge on any atom is 0.254 e. The number of benzene rings is 2. The summed E-state index contributed by atoms with van der Waals surface area (Å²) in [6.45, 7) is 8.70. The third kappa shape index (κ3) is 5.76. The highest BCUT2D eigenvalue weighted by Crippen LogP contribution is 2.30. The maximum atomic E-state index is 13.6. The lowest BCUT2D eigenvalue weighted by molar-refractivity contribution is -0.147. The van der Waals surface area contributed by atoms with Gasteiger partial charge >= 0.3 is 0 Å². The van der Waals surface area contributed by atoms with E-state index in [-0.39, 0.29) is 41.5 Å². The maximum absolute atomic E-state index is 13.6. The smallest absolute Gasteiger partial charge is 0.254 e. The largest absolute Gasteiger partial charge is 0.340 e. The molecule has 0 spiro atoms. The summed E-state index contributed by atoms with van der Waals surface area (Å²) in [5.74, 6) is -0.795. The third-order valence-electron chi connectivity index (χ3n) is 7.47. The average molecular weight is 504 g/mol. The fraction of sp³-hybridized carbons (Fsp3) is 0.467. The van der Waals surface area contributed by atoms with Crippen molar-refractivity contribution in [3.8, 4) is 0 Å². The fourth-order valence-electron chi connectivity index (χ4n) is 5.29. The molecule has 3 atom stereocenters. The van der Waals surface area contributed by atoms with Gasteiger partial charge in [0.2, 0.25) is 5.91 Å². The van der Waals surface area contributed by atoms with E-state index in [2.05, 4.69) is 26.1 Å². The monoisotopic (exact) mass is 503 g/mol. The minimum atomic E-state index is -0.701. The summed E-state index contributed by atoms with van der Waals surface area (Å²) in [5.41, 5.74) is 2.18. The van der Waals surface area contributed by atoms with Gasteiger partial charge in [-0.2, -0.15) is 0 Å². The summed E-state index contributed by atoms with van der Waals surface area (Å²) in [6.07, 6.45) is 2.25. The zero-order valence-electron chi connectivity index (χ0n) is 22.2. The number of hydrogen-bond donors (Lipinski definition) is 1. The molecule has 2 aromatic rings. The van der Waals surface area contributed by atoms with E-state index >= 15 is 0 Å². The number of hydrogen-bond acceptors (Lipinski definition) is 4. The second kappa shape index (κ2) is 10.9. The van der Waals surface area contributed by atoms with Crippen LogP contribution in [0.1, 0.15) is 79.7 Å². The molecule has 2 aromatic carbocycles. The summed E-state index contributed by atoms with van der Waals surface area (Å²) >= 11 is 0. The number of rotatable bonds is 6. The number of Topliss-reactive ketones (excluding diaryl/α,β-unsaturated/α-hetero) is 1. The van der Waals surface area contributed by atoms with Gasteiger partial charge in [0.15, 0.2) is 5.78 Å². The normalized spacial score (nSPS) is 20.4. The van der Waals surface area contributed by atoms with Gasteiger partial charge in [0.1, 0.15) is 6.04 Å². The molecule has 1 N–H and O–H groups in total. The number of fused-ring (bicyclic) bond motifs is 2. The van der Waals surface area contributed by atoms with Crippen LogP contribution in [0.3, 0.4) is 0 Å². The Balaban J connectivity index is 1.44. The number of carbonyl (C=O) groups excluding carboxylic acids is 4. The fourth-order valence-corrected chi connectivity index (χ4v) is 5.29. The summed E-state index contributed by atoms with van der Waals surface area (Å²) in [7, 11) is 0. The third-order valence-corrected chi connectivity index (χ3v) is 7.47. The van der Waals surface area contributed by atoms with Crippen LogP contribution in [0.2, 0.25) is 0 Å². The van der Waals surface area contributed by atoms with E-state index in [0.29, 0.717) is 43.4 Å². The van der Waals surface area contributed by atoms with Gasteiger partial charge in [0, 0.05) is 23.7 Å². The molecule has 3 amide bonds. The molecule has 0 aromatic heterocycles. The Morgan fingerprint density at radius 3 is 2.27 bits per heavy atom. The minimum Gasteiger partial charge on any atom is -0.340 e. The Kier molecular flexibility index (Phi) is 7.81. The van der Waals surface area contributed by atoms with Gasteiger partial charge in [-0.15, -0.1) is 0 Å². The predicted molar refractivity (Wildman–Crippen MR) is 142 cm³/mol. The predicted octanol–water partition coefficient (Wildman–Crippen LogP) is 3.97. The van der Waals surface area contributed by atoms with Crippen LogP contribution in [0.5, 0.6) is 0 Å². The van der Waals surface area contributed by atoms with Gasteiger partial charge < -0.3 is 15.1 Å². The van der Waals surface area contributed by atoms with E-state index in [1.807, 2.05) is 37.3 Å². The molecule has 4 rings (SSSR count). The van der Waals surface area contributed by atoms with Crippen molar-refractivity contribution in [2.45, 2.75) is 76.9 Å². The van der Waals surface area contributed by atoms with E-state index in [1.165, 1.54) is 0 Å². The Labute approximate surface area is 219 Å². The lowest BCUT2D eigenvalue weighted by Gasteiger charge is -2.48. The van der Waals surface area contributed by atoms with Crippen LogP contribution in [-0.4, -0.2) is 64.5 Å². The first kappa shape index (κ1) is 26.6. The van der Waals surface area contributed by atoms with Crippen LogP contribution in [0, 0.1) is 0 Å². The van der Waals surface area contributed by atoms with E-state index in [4.69, 9.17) is 0 Å². The zero-order valence-corrected chi connectivity index (χ0v) is 22.2. The highest BCUT2D eigenvalue weighted by Gasteiger charge is 2.45. The number of likely N-dealkylation sites (tertiary alicyclic amines) is 2. The lowest BCUT2D eigenvalue weighted by Crippen LogP contribution is -2.64. The molecular formula is C30H37N3O4. The summed E-state index contributed by atoms with van der Waals surface area (Å²) in [5, 5.41) is 2.92. The second-order valence-corrected chi connectivity index (χ2v) is 11.1. The standard InChI is InChI=1S/C30H37N3O4/c1-5-9-24(31-27(35)20-12-14-22(15-13-20)30(2,3)4)29(37)32-17-16-23-18-25(32)26(34)19-33(23)28(36)21-10-7-6-8-11-21/h6-8,10-15,23-25H,5,9,16-19H2,1-4H3,(H,31,35)/t23-,24+,25?/m1/s1. The van der Waals surface area contributed by atoms with Gasteiger partial charge in [0.05, 0.1) is 12.6 Å². The van der Waals surface area contributed by atoms with Crippen LogP contribution in [0.15, 0.2) is 54.6 Å². The van der Waals surface area contributed by atoms with Crippen LogP contribution in [0.4, 0.5) is 0 Å². The topological polar surface area (TPSA) is 86.8 Å². The van der Waals surface area contributed by atoms with E-state index in [9.17, 15) is 19.2 Å². The molecule has 0 aliphatic carbocycles. The van der Waals surface area contributed by atoms with Gasteiger partial charge in [-0.1, -0.05) is 64.4 Å². The van der Waals surface area contributed by atoms with Crippen molar-refractivity contribution in [1.29, 1.82) is 0 Å². The summed E-state index contributed by atoms with van der Waals surface area (Å²) in [4.78, 5) is 56.1. The van der Waals surface area contributed by atoms with E-state index < -0.39 is 12.1 Å². The van der Waals surface area contributed by atoms with Crippen molar-refractivity contribution in [1.82, 2.24) is 15.1 Å². The Morgan fingerprint density at radius 1 is 0.973 bits per heavy atom. The average Bonchev–Trinajstić information content (AvgIpc) is 2.90. The first-order valence-electron chi connectivity index (χ1n) is 13.2. The van der Waals surface area contributed by atoms with Crippen LogP contribution in [0.25, 0.3) is 0 Å². The van der Waals surface area contributed by atoms with E-state index in [0.717, 1.165) is 5.56 Å². The van der Waals surface area contributed by atoms with Gasteiger partial charge in [-0.25, -0.2) is 0 Å². The second-order valence-electron chi connectivity index (χ2n) is 11.1. The van der Waals surface area contributed by atoms with Crippen molar-refractivity contribution < 1.29 is 19.2 Å². The van der Waals surface area contributed by atoms with Crippen molar-refractivity contribution in [2.24, 2.45) is 0 Å². The molecule has 2 aliphatic rings. The molecule has 7 heteroatoms. The summed E-state index contributed by atoms with van der Waals surface area (Å²) in [6, 6.07) is 15.1. The van der Waals surface area contributed by atoms with Gasteiger partial charge in [0.25, 0.3) is 11.8 Å². The molecule has 2 heterocycles. The number of nitrogens with one attached hydrogen (secondary N) is 1. The minimum absolute atomic E-state index is 0.00221. The molecular weight excluding hydrogens is 466 g/mol. The van der Waals surface area contributed by atoms with Gasteiger partial charge in [-0.05, 0) is 54.5 Å². The molecule has 7 nitrogen and oxygen atoms in total. The Hall–Kier alpha value is -3.48. The Bertz CT molecular complexity index is 1150. The quantitative estimate of drug-likeness (QED) is 0.646. The van der Waals surface area contributed by atoms with Crippen LogP contribution in [-0.2, 0) is 15.0 Å². The number of piperidine rings is 2. The highest BCUT2D eigenvalue weighted by atomic mass is 16.2. The van der Waals surface area contributed by atoms with Crippen molar-refractivity contribution >= 4 is 23.5 Å². The van der Waals surface area contributed by atoms with Crippen molar-refractivity contribution in [3.05, 3.63) is 71.3 Å². The first-order valence-corrected chi connectivity index (χ1v) is 13.2. The number of ketones is 1. The van der Waals surface area contributed by atoms with Crippen molar-refractivity contribution in [3.63, 3.8) is 0 Å². The number of amides is 3. The van der Waals surface area contributed by atoms with Crippen LogP contribution >= 0.6 is 0 Å². The lowest BCUT2D eigenvalue weighted by atomic mass is 9.86. The molecule has 2 aliphatic heterocycles. The number of nitrogens with zero attached hydrogens (tertiary/aromatic N) is 2. The molecule has 0 radical (unpaired) electrons. The molecule has 196 valence electrons.